The molecule has 0 N–H and O–H groups in total. The van der Waals surface area contributed by atoms with Crippen LogP contribution in [0.25, 0.3) is 10.8 Å². The fraction of sp³-hybridized carbons (Fsp3) is 0.320. The van der Waals surface area contributed by atoms with Gasteiger partial charge in [-0.3, -0.25) is 9.78 Å². The second-order valence-corrected chi connectivity index (χ2v) is 8.54. The predicted octanol–water partition coefficient (Wildman–Crippen LogP) is 5.04. The summed E-state index contributed by atoms with van der Waals surface area (Å²) < 4.78 is 5.75. The third-order valence-corrected chi connectivity index (χ3v) is 6.25. The van der Waals surface area contributed by atoms with Crippen molar-refractivity contribution in [2.45, 2.75) is 51.2 Å². The number of carbonyl (C=O) groups excluding carboxylic acids is 2. The molecule has 5 heteroatoms. The van der Waals surface area contributed by atoms with E-state index in [0.29, 0.717) is 6.42 Å². The number of benzene rings is 2. The summed E-state index contributed by atoms with van der Waals surface area (Å²) in [6.07, 6.45) is 5.11. The smallest absolute Gasteiger partial charge is 0.417 e. The highest BCUT2D eigenvalue weighted by atomic mass is 16.6. The molecule has 3 aromatic rings. The molecule has 1 saturated carbocycles. The number of ether oxygens (including phenoxy) is 1. The average Bonchev–Trinajstić information content (AvgIpc) is 3.44. The molecule has 1 aliphatic heterocycles. The van der Waals surface area contributed by atoms with Crippen molar-refractivity contribution in [1.82, 2.24) is 9.88 Å². The number of amides is 2. The molecule has 0 unspecified atom stereocenters. The highest BCUT2D eigenvalue weighted by molar-refractivity contribution is 5.96. The molecule has 5 rings (SSSR count). The summed E-state index contributed by atoms with van der Waals surface area (Å²) >= 11 is 0. The van der Waals surface area contributed by atoms with E-state index < -0.39 is 11.6 Å². The lowest BCUT2D eigenvalue weighted by molar-refractivity contribution is -0.129. The summed E-state index contributed by atoms with van der Waals surface area (Å²) in [6, 6.07) is 14.2. The largest absolute Gasteiger partial charge is 0.438 e. The lowest BCUT2D eigenvalue weighted by atomic mass is 9.96. The first kappa shape index (κ1) is 18.8. The highest BCUT2D eigenvalue weighted by Gasteiger charge is 2.65. The predicted molar refractivity (Wildman–Crippen MR) is 114 cm³/mol. The van der Waals surface area contributed by atoms with Gasteiger partial charge in [-0.25, -0.2) is 9.69 Å². The molecule has 152 valence electrons. The van der Waals surface area contributed by atoms with Crippen LogP contribution in [0, 0.1) is 13.8 Å². The summed E-state index contributed by atoms with van der Waals surface area (Å²) in [5, 5.41) is 2.15. The monoisotopic (exact) mass is 400 g/mol. The number of hydrogen-bond donors (Lipinski definition) is 0. The van der Waals surface area contributed by atoms with E-state index in [9.17, 15) is 9.59 Å². The molecule has 2 aromatic carbocycles. The third-order valence-electron chi connectivity index (χ3n) is 6.25. The van der Waals surface area contributed by atoms with Crippen LogP contribution in [0.15, 0.2) is 54.9 Å². The van der Waals surface area contributed by atoms with Gasteiger partial charge < -0.3 is 4.74 Å². The van der Waals surface area contributed by atoms with Crippen molar-refractivity contribution >= 4 is 22.8 Å². The summed E-state index contributed by atoms with van der Waals surface area (Å²) in [5.41, 5.74) is 3.73. The molecule has 2 aliphatic rings. The molecule has 2 fully saturated rings. The second kappa shape index (κ2) is 6.94. The summed E-state index contributed by atoms with van der Waals surface area (Å²) in [6.45, 7) is 4.07. The second-order valence-electron chi connectivity index (χ2n) is 8.54. The Hall–Kier alpha value is -3.21. The van der Waals surface area contributed by atoms with Gasteiger partial charge in [-0.15, -0.1) is 0 Å². The van der Waals surface area contributed by atoms with Crippen LogP contribution in [0.5, 0.6) is 0 Å². The molecule has 5 nitrogen and oxygen atoms in total. The molecule has 0 bridgehead atoms. The topological polar surface area (TPSA) is 59.5 Å². The van der Waals surface area contributed by atoms with Crippen LogP contribution in [-0.2, 0) is 16.0 Å². The number of hydrogen-bond acceptors (Lipinski definition) is 4. The SMILES string of the molecule is Cc1cc(C)cc([C@H]2OC(=O)N(C(=O)CCc3cncc4ccccc34)C23CC3)c1. The summed E-state index contributed by atoms with van der Waals surface area (Å²) in [5.74, 6) is -0.169. The Bertz CT molecular complexity index is 1140. The third kappa shape index (κ3) is 3.05. The molecular weight excluding hydrogens is 376 g/mol. The van der Waals surface area contributed by atoms with Gasteiger partial charge in [0.25, 0.3) is 0 Å². The number of nitrogens with zero attached hydrogens (tertiary/aromatic N) is 2. The van der Waals surface area contributed by atoms with Crippen LogP contribution in [0.1, 0.15) is 47.6 Å². The van der Waals surface area contributed by atoms with Crippen molar-refractivity contribution in [1.29, 1.82) is 0 Å². The first-order valence-electron chi connectivity index (χ1n) is 10.4. The van der Waals surface area contributed by atoms with Gasteiger partial charge in [0.1, 0.15) is 0 Å². The van der Waals surface area contributed by atoms with E-state index in [1.54, 1.807) is 0 Å². The lowest BCUT2D eigenvalue weighted by Crippen LogP contribution is -2.41. The molecule has 1 spiro atoms. The van der Waals surface area contributed by atoms with Crippen molar-refractivity contribution < 1.29 is 14.3 Å². The maximum absolute atomic E-state index is 13.1. The first-order chi connectivity index (χ1) is 14.5. The summed E-state index contributed by atoms with van der Waals surface area (Å²) in [7, 11) is 0. The van der Waals surface area contributed by atoms with Crippen LogP contribution in [0.3, 0.4) is 0 Å². The summed E-state index contributed by atoms with van der Waals surface area (Å²) in [4.78, 5) is 31.5. The standard InChI is InChI=1S/C25H24N2O3/c1-16-11-17(2)13-20(12-16)23-25(9-10-25)27(24(29)30-23)22(28)8-7-19-15-26-14-18-5-3-4-6-21(18)19/h3-6,11-15,23H,7-10H2,1-2H3/t23-/m1/s1. The quantitative estimate of drug-likeness (QED) is 0.616. The van der Waals surface area contributed by atoms with Crippen molar-refractivity contribution in [2.75, 3.05) is 0 Å². The van der Waals surface area contributed by atoms with Crippen LogP contribution in [-0.4, -0.2) is 27.4 Å². The first-order valence-corrected chi connectivity index (χ1v) is 10.4. The van der Waals surface area contributed by atoms with E-state index in [1.165, 1.54) is 4.90 Å². The fourth-order valence-electron chi connectivity index (χ4n) is 4.80. The Morgan fingerprint density at radius 1 is 1.13 bits per heavy atom. The van der Waals surface area contributed by atoms with Crippen molar-refractivity contribution in [3.63, 3.8) is 0 Å². The van der Waals surface area contributed by atoms with Gasteiger partial charge in [-0.05, 0) is 49.6 Å². The van der Waals surface area contributed by atoms with Crippen LogP contribution < -0.4 is 0 Å². The van der Waals surface area contributed by atoms with Gasteiger partial charge in [-0.2, -0.15) is 0 Å². The zero-order chi connectivity index (χ0) is 20.9. The van der Waals surface area contributed by atoms with E-state index in [2.05, 4.69) is 23.2 Å². The van der Waals surface area contributed by atoms with Crippen molar-refractivity contribution in [3.05, 3.63) is 77.1 Å². The van der Waals surface area contributed by atoms with Crippen LogP contribution in [0.2, 0.25) is 0 Å². The number of aromatic nitrogens is 1. The van der Waals surface area contributed by atoms with E-state index in [1.807, 2.05) is 50.5 Å². The lowest BCUT2D eigenvalue weighted by Gasteiger charge is -2.23. The molecule has 30 heavy (non-hydrogen) atoms. The Kier molecular flexibility index (Phi) is 4.35. The zero-order valence-electron chi connectivity index (χ0n) is 17.2. The molecule has 2 heterocycles. The zero-order valence-corrected chi connectivity index (χ0v) is 17.2. The van der Waals surface area contributed by atoms with E-state index in [4.69, 9.17) is 4.74 Å². The highest BCUT2D eigenvalue weighted by Crippen LogP contribution is 2.57. The van der Waals surface area contributed by atoms with Crippen molar-refractivity contribution in [2.24, 2.45) is 0 Å². The van der Waals surface area contributed by atoms with Crippen LogP contribution >= 0.6 is 0 Å². The number of cyclic esters (lactones) is 1. The maximum Gasteiger partial charge on any atom is 0.417 e. The Labute approximate surface area is 175 Å². The van der Waals surface area contributed by atoms with Gasteiger partial charge >= 0.3 is 6.09 Å². The van der Waals surface area contributed by atoms with Gasteiger partial charge in [0.2, 0.25) is 5.91 Å². The fourth-order valence-corrected chi connectivity index (χ4v) is 4.80. The van der Waals surface area contributed by atoms with E-state index in [-0.39, 0.29) is 18.4 Å². The molecule has 1 saturated heterocycles. The molecule has 1 aromatic heterocycles. The number of aryl methyl sites for hydroxylation is 3. The number of fused-ring (bicyclic) bond motifs is 1. The van der Waals surface area contributed by atoms with E-state index >= 15 is 0 Å². The Balaban J connectivity index is 1.38. The van der Waals surface area contributed by atoms with E-state index in [0.717, 1.165) is 45.9 Å². The minimum atomic E-state index is -0.522. The Morgan fingerprint density at radius 3 is 2.60 bits per heavy atom. The molecule has 0 radical (unpaired) electrons. The van der Waals surface area contributed by atoms with Gasteiger partial charge in [-0.1, -0.05) is 53.6 Å². The number of imide groups is 1. The Morgan fingerprint density at radius 2 is 1.87 bits per heavy atom. The molecule has 2 amide bonds. The minimum Gasteiger partial charge on any atom is -0.438 e. The number of rotatable bonds is 4. The van der Waals surface area contributed by atoms with Crippen molar-refractivity contribution in [3.8, 4) is 0 Å². The molecule has 1 atom stereocenters. The molecule has 1 aliphatic carbocycles. The number of pyridine rings is 1. The van der Waals surface area contributed by atoms with Gasteiger partial charge in [0, 0.05) is 24.2 Å². The average molecular weight is 400 g/mol. The molecular formula is C25H24N2O3. The normalized spacial score (nSPS) is 19.3. The van der Waals surface area contributed by atoms with Crippen LogP contribution in [0.4, 0.5) is 4.79 Å². The van der Waals surface area contributed by atoms with Gasteiger partial charge in [0.15, 0.2) is 6.10 Å². The number of carbonyl (C=O) groups is 2. The van der Waals surface area contributed by atoms with Gasteiger partial charge in [0.05, 0.1) is 5.54 Å². The minimum absolute atomic E-state index is 0.169. The maximum atomic E-state index is 13.1.